The van der Waals surface area contributed by atoms with Crippen LogP contribution in [0.3, 0.4) is 0 Å². The van der Waals surface area contributed by atoms with Gasteiger partial charge in [-0.05, 0) is 50.6 Å². The SMILES string of the molecule is CC.CC.CC.CNc1ccccc1C(C)=N.Cc1cc2ccccc2o1.Cc1cn(C)c2ccccc12. The zero-order valence-corrected chi connectivity index (χ0v) is 25.4. The van der Waals surface area contributed by atoms with E-state index >= 15 is 0 Å². The maximum Gasteiger partial charge on any atom is 0.134 e. The van der Waals surface area contributed by atoms with E-state index in [2.05, 4.69) is 54.3 Å². The van der Waals surface area contributed by atoms with Crippen LogP contribution in [-0.4, -0.2) is 17.3 Å². The monoisotopic (exact) mass is 515 g/mol. The summed E-state index contributed by atoms with van der Waals surface area (Å²) < 4.78 is 7.53. The molecule has 2 heterocycles. The van der Waals surface area contributed by atoms with E-state index in [-0.39, 0.29) is 0 Å². The lowest BCUT2D eigenvalue weighted by Gasteiger charge is -2.05. The molecule has 5 aromatic rings. The molecule has 2 aromatic heterocycles. The highest BCUT2D eigenvalue weighted by Crippen LogP contribution is 2.19. The van der Waals surface area contributed by atoms with Gasteiger partial charge < -0.3 is 19.7 Å². The first-order valence-electron chi connectivity index (χ1n) is 13.7. The van der Waals surface area contributed by atoms with Crippen molar-refractivity contribution in [3.05, 3.63) is 102 Å². The number of nitrogens with one attached hydrogen (secondary N) is 2. The Hall–Kier alpha value is -3.79. The molecule has 4 heteroatoms. The Balaban J connectivity index is 0.000000491. The largest absolute Gasteiger partial charge is 0.461 e. The van der Waals surface area contributed by atoms with Gasteiger partial charge in [-0.15, -0.1) is 0 Å². The van der Waals surface area contributed by atoms with E-state index in [4.69, 9.17) is 9.83 Å². The van der Waals surface area contributed by atoms with Crippen LogP contribution in [-0.2, 0) is 7.05 Å². The van der Waals surface area contributed by atoms with Gasteiger partial charge in [-0.1, -0.05) is 96.1 Å². The van der Waals surface area contributed by atoms with Gasteiger partial charge in [-0.2, -0.15) is 0 Å². The predicted molar refractivity (Wildman–Crippen MR) is 171 cm³/mol. The Labute approximate surface area is 231 Å². The highest BCUT2D eigenvalue weighted by Gasteiger charge is 2.00. The fraction of sp³-hybridized carbons (Fsp3) is 0.324. The lowest BCUT2D eigenvalue weighted by molar-refractivity contribution is 0.578. The third kappa shape index (κ3) is 10.3. The third-order valence-corrected chi connectivity index (χ3v) is 5.25. The van der Waals surface area contributed by atoms with Crippen LogP contribution in [0.2, 0.25) is 0 Å². The van der Waals surface area contributed by atoms with Crippen LogP contribution in [0.25, 0.3) is 21.9 Å². The molecular formula is C34H49N3O. The molecule has 38 heavy (non-hydrogen) atoms. The zero-order chi connectivity index (χ0) is 29.1. The number of aryl methyl sites for hydroxylation is 3. The predicted octanol–water partition coefficient (Wildman–Crippen LogP) is 10.4. The molecule has 0 radical (unpaired) electrons. The van der Waals surface area contributed by atoms with Crippen molar-refractivity contribution < 1.29 is 4.42 Å². The Morgan fingerprint density at radius 3 is 1.89 bits per heavy atom. The van der Waals surface area contributed by atoms with Crippen LogP contribution in [0.15, 0.2) is 89.5 Å². The van der Waals surface area contributed by atoms with E-state index in [1.54, 1.807) is 6.92 Å². The molecule has 0 aliphatic heterocycles. The number of nitrogens with zero attached hydrogens (tertiary/aromatic N) is 1. The molecule has 0 aliphatic carbocycles. The Morgan fingerprint density at radius 1 is 0.789 bits per heavy atom. The molecule has 3 aromatic carbocycles. The molecule has 0 bridgehead atoms. The smallest absolute Gasteiger partial charge is 0.134 e. The first-order chi connectivity index (χ1) is 18.4. The van der Waals surface area contributed by atoms with Crippen LogP contribution in [0.1, 0.15) is 65.4 Å². The van der Waals surface area contributed by atoms with Gasteiger partial charge in [0.2, 0.25) is 0 Å². The summed E-state index contributed by atoms with van der Waals surface area (Å²) >= 11 is 0. The molecule has 2 N–H and O–H groups in total. The number of fused-ring (bicyclic) bond motifs is 2. The number of para-hydroxylation sites is 3. The van der Waals surface area contributed by atoms with Gasteiger partial charge in [0.1, 0.15) is 11.3 Å². The lowest BCUT2D eigenvalue weighted by Crippen LogP contribution is -1.98. The van der Waals surface area contributed by atoms with Crippen molar-refractivity contribution in [3.8, 4) is 0 Å². The maximum absolute atomic E-state index is 7.44. The zero-order valence-electron chi connectivity index (χ0n) is 25.4. The van der Waals surface area contributed by atoms with Crippen molar-refractivity contribution in [3.63, 3.8) is 0 Å². The molecule has 0 atom stereocenters. The van der Waals surface area contributed by atoms with Crippen LogP contribution >= 0.6 is 0 Å². The van der Waals surface area contributed by atoms with E-state index in [0.717, 1.165) is 22.6 Å². The van der Waals surface area contributed by atoms with Crippen LogP contribution in [0.5, 0.6) is 0 Å². The minimum absolute atomic E-state index is 0.593. The Bertz CT molecular complexity index is 1260. The molecular weight excluding hydrogens is 466 g/mol. The lowest BCUT2D eigenvalue weighted by atomic mass is 10.1. The van der Waals surface area contributed by atoms with E-state index < -0.39 is 0 Å². The number of hydrogen-bond donors (Lipinski definition) is 2. The van der Waals surface area contributed by atoms with Crippen molar-refractivity contribution in [2.75, 3.05) is 12.4 Å². The highest BCUT2D eigenvalue weighted by molar-refractivity contribution is 6.01. The van der Waals surface area contributed by atoms with Crippen molar-refractivity contribution in [2.24, 2.45) is 7.05 Å². The van der Waals surface area contributed by atoms with Gasteiger partial charge in [0.05, 0.1) is 0 Å². The molecule has 0 saturated carbocycles. The van der Waals surface area contributed by atoms with Gasteiger partial charge >= 0.3 is 0 Å². The van der Waals surface area contributed by atoms with E-state index in [1.807, 2.05) is 110 Å². The summed E-state index contributed by atoms with van der Waals surface area (Å²) in [5.74, 6) is 0.973. The second kappa shape index (κ2) is 19.3. The summed E-state index contributed by atoms with van der Waals surface area (Å²) in [7, 11) is 3.94. The number of hydrogen-bond acceptors (Lipinski definition) is 3. The molecule has 4 nitrogen and oxygen atoms in total. The standard InChI is InChI=1S/C10H11N.C9H12N2.C9H8O.3C2H6/c1-8-7-11(2)10-6-4-3-5-9(8)10;1-7(10)8-5-3-4-6-9(8)11-2;1-7-6-8-4-2-3-5-9(8)10-7;3*1-2/h3-7H,1-2H3;3-6,10-11H,1-2H3;2-6H,1H3;3*1-2H3. The molecule has 5 rings (SSSR count). The second-order valence-corrected chi connectivity index (χ2v) is 7.76. The van der Waals surface area contributed by atoms with Crippen LogP contribution in [0.4, 0.5) is 5.69 Å². The van der Waals surface area contributed by atoms with Gasteiger partial charge in [-0.3, -0.25) is 0 Å². The van der Waals surface area contributed by atoms with Gasteiger partial charge in [0, 0.05) is 53.5 Å². The molecule has 206 valence electrons. The van der Waals surface area contributed by atoms with Crippen molar-refractivity contribution in [1.82, 2.24) is 4.57 Å². The Morgan fingerprint density at radius 2 is 1.34 bits per heavy atom. The van der Waals surface area contributed by atoms with E-state index in [0.29, 0.717) is 5.71 Å². The van der Waals surface area contributed by atoms with Crippen molar-refractivity contribution >= 4 is 33.3 Å². The number of rotatable bonds is 2. The molecule has 0 aliphatic rings. The van der Waals surface area contributed by atoms with Gasteiger partial charge in [-0.25, -0.2) is 0 Å². The summed E-state index contributed by atoms with van der Waals surface area (Å²) in [6.07, 6.45) is 2.16. The van der Waals surface area contributed by atoms with Crippen molar-refractivity contribution in [2.45, 2.75) is 62.3 Å². The number of furan rings is 1. The van der Waals surface area contributed by atoms with Gasteiger partial charge in [0.25, 0.3) is 0 Å². The third-order valence-electron chi connectivity index (χ3n) is 5.25. The second-order valence-electron chi connectivity index (χ2n) is 7.76. The number of benzene rings is 3. The average Bonchev–Trinajstić information content (AvgIpc) is 3.50. The fourth-order valence-electron chi connectivity index (χ4n) is 3.69. The highest BCUT2D eigenvalue weighted by atomic mass is 16.3. The number of aromatic nitrogens is 1. The molecule has 0 unspecified atom stereocenters. The summed E-state index contributed by atoms with van der Waals surface area (Å²) in [6.45, 7) is 17.9. The summed E-state index contributed by atoms with van der Waals surface area (Å²) in [4.78, 5) is 0. The Kier molecular flexibility index (Phi) is 17.4. The number of anilines is 1. The quantitative estimate of drug-likeness (QED) is 0.230. The first-order valence-corrected chi connectivity index (χ1v) is 13.7. The molecule has 0 spiro atoms. The molecule has 0 amide bonds. The van der Waals surface area contributed by atoms with Crippen molar-refractivity contribution in [1.29, 1.82) is 5.41 Å². The average molecular weight is 516 g/mol. The fourth-order valence-corrected chi connectivity index (χ4v) is 3.69. The molecule has 0 fully saturated rings. The van der Waals surface area contributed by atoms with E-state index in [1.165, 1.54) is 21.9 Å². The topological polar surface area (TPSA) is 54.0 Å². The summed E-state index contributed by atoms with van der Waals surface area (Å²) in [6, 6.07) is 26.3. The summed E-state index contributed by atoms with van der Waals surface area (Å²) in [5, 5.41) is 13.0. The van der Waals surface area contributed by atoms with Gasteiger partial charge in [0.15, 0.2) is 0 Å². The minimum Gasteiger partial charge on any atom is -0.461 e. The molecule has 0 saturated heterocycles. The summed E-state index contributed by atoms with van der Waals surface area (Å²) in [5.41, 5.74) is 6.21. The first kappa shape index (κ1) is 34.2. The van der Waals surface area contributed by atoms with Crippen LogP contribution < -0.4 is 5.32 Å². The van der Waals surface area contributed by atoms with E-state index in [9.17, 15) is 0 Å². The maximum atomic E-state index is 7.44. The normalized spacial score (nSPS) is 9.03. The minimum atomic E-state index is 0.593. The van der Waals surface area contributed by atoms with Crippen LogP contribution in [0, 0.1) is 19.3 Å².